The molecule has 2 rings (SSSR count). The van der Waals surface area contributed by atoms with Crippen LogP contribution in [0.4, 0.5) is 4.39 Å². The van der Waals surface area contributed by atoms with Gasteiger partial charge in [0.2, 0.25) is 5.91 Å². The lowest BCUT2D eigenvalue weighted by molar-refractivity contribution is -0.140. The minimum atomic E-state index is -1.12. The number of carboxylic acid groups (broad SMARTS) is 2. The zero-order chi connectivity index (χ0) is 21.4. The van der Waals surface area contributed by atoms with Crippen LogP contribution in [-0.2, 0) is 20.9 Å². The number of halogens is 1. The SMILES string of the molecule is CC(=O)N[C@@H](CSSC1CCN(Cc2ccccc2F)C/C1=C/C(=O)O)C(=O)O. The lowest BCUT2D eigenvalue weighted by Gasteiger charge is -2.33. The van der Waals surface area contributed by atoms with Gasteiger partial charge in [0.25, 0.3) is 0 Å². The monoisotopic (exact) mass is 442 g/mol. The first-order valence-electron chi connectivity index (χ1n) is 8.93. The lowest BCUT2D eigenvalue weighted by atomic mass is 10.0. The molecule has 1 unspecified atom stereocenters. The number of benzene rings is 1. The average Bonchev–Trinajstić information content (AvgIpc) is 2.63. The van der Waals surface area contributed by atoms with E-state index in [1.807, 2.05) is 4.90 Å². The zero-order valence-corrected chi connectivity index (χ0v) is 17.5. The summed E-state index contributed by atoms with van der Waals surface area (Å²) < 4.78 is 13.9. The van der Waals surface area contributed by atoms with E-state index >= 15 is 0 Å². The molecule has 1 heterocycles. The minimum Gasteiger partial charge on any atom is -0.480 e. The van der Waals surface area contributed by atoms with Crippen molar-refractivity contribution in [3.8, 4) is 0 Å². The highest BCUT2D eigenvalue weighted by Crippen LogP contribution is 2.36. The van der Waals surface area contributed by atoms with E-state index in [-0.39, 0.29) is 16.8 Å². The molecular weight excluding hydrogens is 419 g/mol. The molecule has 2 atom stereocenters. The number of rotatable bonds is 9. The van der Waals surface area contributed by atoms with Crippen LogP contribution in [0.5, 0.6) is 0 Å². The summed E-state index contributed by atoms with van der Waals surface area (Å²) in [7, 11) is 2.69. The van der Waals surface area contributed by atoms with Crippen molar-refractivity contribution >= 4 is 39.4 Å². The zero-order valence-electron chi connectivity index (χ0n) is 15.8. The standard InChI is InChI=1S/C19H23FN2O5S2/c1-12(23)21-16(19(26)27)11-28-29-17-6-7-22(10-14(17)8-18(24)25)9-13-4-2-3-5-15(13)20/h2-5,8,16-17H,6-7,9-11H2,1H3,(H,21,23)(H,24,25)(H,26,27)/b14-8-/t16-,17?/m0/s1. The Balaban J connectivity index is 1.97. The molecule has 29 heavy (non-hydrogen) atoms. The van der Waals surface area contributed by atoms with Gasteiger partial charge in [-0.1, -0.05) is 39.8 Å². The molecule has 1 aliphatic heterocycles. The maximum Gasteiger partial charge on any atom is 0.328 e. The van der Waals surface area contributed by atoms with Crippen LogP contribution in [0.15, 0.2) is 35.9 Å². The summed E-state index contributed by atoms with van der Waals surface area (Å²) in [6, 6.07) is 5.50. The van der Waals surface area contributed by atoms with Gasteiger partial charge in [-0.05, 0) is 18.1 Å². The predicted octanol–water partition coefficient (Wildman–Crippen LogP) is 2.38. The van der Waals surface area contributed by atoms with Crippen LogP contribution in [0.3, 0.4) is 0 Å². The second-order valence-corrected chi connectivity index (χ2v) is 9.22. The Morgan fingerprint density at radius 3 is 2.69 bits per heavy atom. The highest BCUT2D eigenvalue weighted by Gasteiger charge is 2.27. The van der Waals surface area contributed by atoms with Gasteiger partial charge in [-0.15, -0.1) is 0 Å². The molecule has 1 aliphatic rings. The van der Waals surface area contributed by atoms with Crippen molar-refractivity contribution in [3.63, 3.8) is 0 Å². The van der Waals surface area contributed by atoms with E-state index in [0.717, 1.165) is 0 Å². The third kappa shape index (κ3) is 7.71. The van der Waals surface area contributed by atoms with Gasteiger partial charge in [0.15, 0.2) is 0 Å². The van der Waals surface area contributed by atoms with Gasteiger partial charge in [-0.25, -0.2) is 14.0 Å². The van der Waals surface area contributed by atoms with E-state index in [0.29, 0.717) is 37.2 Å². The molecule has 1 aromatic rings. The summed E-state index contributed by atoms with van der Waals surface area (Å²) in [4.78, 5) is 35.5. The second-order valence-electron chi connectivity index (χ2n) is 6.61. The number of amides is 1. The van der Waals surface area contributed by atoms with Gasteiger partial charge in [-0.3, -0.25) is 9.69 Å². The number of piperidine rings is 1. The average molecular weight is 443 g/mol. The highest BCUT2D eigenvalue weighted by molar-refractivity contribution is 8.77. The van der Waals surface area contributed by atoms with E-state index in [1.54, 1.807) is 18.2 Å². The van der Waals surface area contributed by atoms with Crippen molar-refractivity contribution in [1.82, 2.24) is 10.2 Å². The molecule has 1 aromatic carbocycles. The van der Waals surface area contributed by atoms with Gasteiger partial charge in [0.1, 0.15) is 11.9 Å². The number of aliphatic carboxylic acids is 2. The van der Waals surface area contributed by atoms with Crippen LogP contribution in [0.1, 0.15) is 18.9 Å². The fourth-order valence-corrected chi connectivity index (χ4v) is 5.81. The molecule has 1 saturated heterocycles. The van der Waals surface area contributed by atoms with Gasteiger partial charge in [-0.2, -0.15) is 0 Å². The van der Waals surface area contributed by atoms with Crippen LogP contribution >= 0.6 is 21.6 Å². The summed E-state index contributed by atoms with van der Waals surface area (Å²) >= 11 is 0. The summed E-state index contributed by atoms with van der Waals surface area (Å²) in [5, 5.41) is 20.6. The van der Waals surface area contributed by atoms with Gasteiger partial charge in [0, 0.05) is 49.2 Å². The number of nitrogens with zero attached hydrogens (tertiary/aromatic N) is 1. The van der Waals surface area contributed by atoms with Crippen molar-refractivity contribution in [2.24, 2.45) is 0 Å². The Bertz CT molecular complexity index is 790. The van der Waals surface area contributed by atoms with Crippen molar-refractivity contribution in [2.75, 3.05) is 18.8 Å². The molecule has 0 aliphatic carbocycles. The Morgan fingerprint density at radius 1 is 1.34 bits per heavy atom. The number of hydrogen-bond acceptors (Lipinski definition) is 6. The van der Waals surface area contributed by atoms with Crippen molar-refractivity contribution in [2.45, 2.75) is 31.2 Å². The molecule has 0 bridgehead atoms. The van der Waals surface area contributed by atoms with E-state index < -0.39 is 23.9 Å². The van der Waals surface area contributed by atoms with Crippen LogP contribution in [-0.4, -0.2) is 63.1 Å². The van der Waals surface area contributed by atoms with Crippen molar-refractivity contribution in [1.29, 1.82) is 0 Å². The van der Waals surface area contributed by atoms with Crippen LogP contribution in [0, 0.1) is 5.82 Å². The Labute approximate surface area is 176 Å². The highest BCUT2D eigenvalue weighted by atomic mass is 33.1. The third-order valence-electron chi connectivity index (χ3n) is 4.28. The first-order valence-corrected chi connectivity index (χ1v) is 11.3. The molecular formula is C19H23FN2O5S2. The predicted molar refractivity (Wildman–Crippen MR) is 111 cm³/mol. The minimum absolute atomic E-state index is 0.0975. The fraction of sp³-hybridized carbons (Fsp3) is 0.421. The fourth-order valence-electron chi connectivity index (χ4n) is 2.94. The molecule has 0 saturated carbocycles. The van der Waals surface area contributed by atoms with Crippen molar-refractivity contribution in [3.05, 3.63) is 47.3 Å². The molecule has 158 valence electrons. The van der Waals surface area contributed by atoms with E-state index in [2.05, 4.69) is 5.32 Å². The summed E-state index contributed by atoms with van der Waals surface area (Å²) in [5.41, 5.74) is 1.26. The molecule has 1 amide bonds. The number of carbonyl (C=O) groups excluding carboxylic acids is 1. The number of likely N-dealkylation sites (tertiary alicyclic amines) is 1. The second kappa shape index (κ2) is 11.2. The number of nitrogens with one attached hydrogen (secondary N) is 1. The number of carboxylic acids is 2. The summed E-state index contributed by atoms with van der Waals surface area (Å²) in [6.45, 7) is 2.70. The maximum atomic E-state index is 13.9. The Kier molecular flexibility index (Phi) is 8.99. The van der Waals surface area contributed by atoms with Crippen molar-refractivity contribution < 1.29 is 29.0 Å². The van der Waals surface area contributed by atoms with Crippen LogP contribution < -0.4 is 5.32 Å². The van der Waals surface area contributed by atoms with Gasteiger partial charge >= 0.3 is 11.9 Å². The largest absolute Gasteiger partial charge is 0.480 e. The molecule has 0 spiro atoms. The quantitative estimate of drug-likeness (QED) is 0.395. The summed E-state index contributed by atoms with van der Waals surface area (Å²) in [6.07, 6.45) is 1.83. The van der Waals surface area contributed by atoms with Gasteiger partial charge < -0.3 is 15.5 Å². The van der Waals surface area contributed by atoms with E-state index in [1.165, 1.54) is 40.7 Å². The first-order chi connectivity index (χ1) is 13.8. The lowest BCUT2D eigenvalue weighted by Crippen LogP contribution is -2.41. The first kappa shape index (κ1) is 23.2. The maximum absolute atomic E-state index is 13.9. The Hall–Kier alpha value is -2.04. The van der Waals surface area contributed by atoms with Crippen LogP contribution in [0.2, 0.25) is 0 Å². The Morgan fingerprint density at radius 2 is 2.07 bits per heavy atom. The normalized spacial score (nSPS) is 19.7. The number of carbonyl (C=O) groups is 3. The summed E-state index contributed by atoms with van der Waals surface area (Å²) in [5.74, 6) is -2.72. The molecule has 1 fully saturated rings. The number of hydrogen-bond donors (Lipinski definition) is 3. The topological polar surface area (TPSA) is 107 Å². The van der Waals surface area contributed by atoms with E-state index in [4.69, 9.17) is 5.11 Å². The third-order valence-corrected chi connectivity index (χ3v) is 7.17. The molecule has 7 nitrogen and oxygen atoms in total. The van der Waals surface area contributed by atoms with Gasteiger partial charge in [0.05, 0.1) is 0 Å². The molecule has 3 N–H and O–H groups in total. The van der Waals surface area contributed by atoms with E-state index in [9.17, 15) is 23.9 Å². The molecule has 0 aromatic heterocycles. The smallest absolute Gasteiger partial charge is 0.328 e. The molecule has 10 heteroatoms. The molecule has 0 radical (unpaired) electrons. The van der Waals surface area contributed by atoms with Crippen LogP contribution in [0.25, 0.3) is 0 Å².